The third-order valence-corrected chi connectivity index (χ3v) is 5.84. The van der Waals surface area contributed by atoms with Gasteiger partial charge in [-0.1, -0.05) is 5.11 Å². The van der Waals surface area contributed by atoms with Crippen molar-refractivity contribution in [1.29, 1.82) is 0 Å². The molecule has 1 N–H and O–H groups in total. The van der Waals surface area contributed by atoms with Gasteiger partial charge in [0.05, 0.1) is 23.2 Å². The Morgan fingerprint density at radius 3 is 2.42 bits per heavy atom. The van der Waals surface area contributed by atoms with Crippen LogP contribution in [0.15, 0.2) is 5.11 Å². The van der Waals surface area contributed by atoms with Crippen molar-refractivity contribution in [1.82, 2.24) is 10.2 Å². The Labute approximate surface area is 153 Å². The molecular weight excluding hydrogens is 338 g/mol. The third-order valence-electron chi connectivity index (χ3n) is 5.84. The lowest BCUT2D eigenvalue weighted by Crippen LogP contribution is -2.61. The molecule has 4 aliphatic rings. The van der Waals surface area contributed by atoms with E-state index < -0.39 is 22.2 Å². The van der Waals surface area contributed by atoms with Crippen LogP contribution >= 0.6 is 0 Å². The zero-order valence-electron chi connectivity index (χ0n) is 15.9. The molecule has 2 bridgehead atoms. The third kappa shape index (κ3) is 2.79. The Morgan fingerprint density at radius 2 is 1.92 bits per heavy atom. The summed E-state index contributed by atoms with van der Waals surface area (Å²) in [6, 6.07) is 0. The first-order chi connectivity index (χ1) is 12.1. The van der Waals surface area contributed by atoms with Gasteiger partial charge in [0.1, 0.15) is 5.60 Å². The van der Waals surface area contributed by atoms with E-state index in [0.29, 0.717) is 38.8 Å². The van der Waals surface area contributed by atoms with Gasteiger partial charge in [0.2, 0.25) is 5.91 Å². The molecule has 4 fully saturated rings. The molecule has 0 aromatic heterocycles. The number of carbonyl (C=O) groups is 2. The Kier molecular flexibility index (Phi) is 4.36. The number of hydrogen-bond acceptors (Lipinski definition) is 5. The van der Waals surface area contributed by atoms with Crippen LogP contribution in [0.4, 0.5) is 4.79 Å². The van der Waals surface area contributed by atoms with Gasteiger partial charge in [-0.2, -0.15) is 0 Å². The summed E-state index contributed by atoms with van der Waals surface area (Å²) < 4.78 is 11.8. The van der Waals surface area contributed by atoms with Crippen molar-refractivity contribution in [2.75, 3.05) is 26.7 Å². The molecule has 4 rings (SSSR count). The van der Waals surface area contributed by atoms with Gasteiger partial charge in [-0.25, -0.2) is 4.79 Å². The Balaban J connectivity index is 1.75. The molecule has 144 valence electrons. The van der Waals surface area contributed by atoms with E-state index in [1.54, 1.807) is 11.9 Å². The van der Waals surface area contributed by atoms with Crippen LogP contribution in [0.3, 0.4) is 0 Å². The summed E-state index contributed by atoms with van der Waals surface area (Å²) in [6.45, 7) is 6.71. The molecule has 26 heavy (non-hydrogen) atoms. The highest BCUT2D eigenvalue weighted by Gasteiger charge is 2.77. The summed E-state index contributed by atoms with van der Waals surface area (Å²) in [7, 11) is 1.63. The first-order valence-electron chi connectivity index (χ1n) is 9.02. The molecule has 1 aliphatic carbocycles. The maximum absolute atomic E-state index is 12.7. The van der Waals surface area contributed by atoms with Crippen molar-refractivity contribution >= 4 is 12.0 Å². The van der Waals surface area contributed by atoms with Crippen molar-refractivity contribution in [2.24, 2.45) is 10.5 Å². The number of azide groups is 1. The average Bonchev–Trinajstić information content (AvgIpc) is 2.95. The van der Waals surface area contributed by atoms with Gasteiger partial charge < -0.3 is 19.7 Å². The maximum Gasteiger partial charge on any atom is 0.410 e. The topological polar surface area (TPSA) is 117 Å². The molecule has 0 aromatic carbocycles. The van der Waals surface area contributed by atoms with Crippen LogP contribution in [0, 0.1) is 5.41 Å². The van der Waals surface area contributed by atoms with Gasteiger partial charge in [0, 0.05) is 25.0 Å². The largest absolute Gasteiger partial charge is 0.444 e. The number of hydrogen-bond donors (Lipinski definition) is 1. The van der Waals surface area contributed by atoms with Crippen LogP contribution in [0.1, 0.15) is 46.5 Å². The maximum atomic E-state index is 12.7. The zero-order chi connectivity index (χ0) is 19.2. The molecule has 0 atom stereocenters. The summed E-state index contributed by atoms with van der Waals surface area (Å²) in [5.41, 5.74) is 6.32. The van der Waals surface area contributed by atoms with Crippen LogP contribution in [0.5, 0.6) is 0 Å². The minimum Gasteiger partial charge on any atom is -0.444 e. The van der Waals surface area contributed by atoms with Crippen molar-refractivity contribution in [3.05, 3.63) is 10.4 Å². The summed E-state index contributed by atoms with van der Waals surface area (Å²) in [4.78, 5) is 29.5. The van der Waals surface area contributed by atoms with Crippen LogP contribution in [0.2, 0.25) is 0 Å². The molecule has 9 heteroatoms. The minimum absolute atomic E-state index is 0.0303. The van der Waals surface area contributed by atoms with Crippen molar-refractivity contribution in [3.63, 3.8) is 0 Å². The summed E-state index contributed by atoms with van der Waals surface area (Å²) in [6.07, 6.45) is 1.92. The summed E-state index contributed by atoms with van der Waals surface area (Å²) in [5.74, 6) is -0.0303. The quantitative estimate of drug-likeness (QED) is 0.469. The van der Waals surface area contributed by atoms with Crippen molar-refractivity contribution < 1.29 is 19.1 Å². The number of ether oxygens (including phenoxy) is 2. The Bertz CT molecular complexity index is 651. The first kappa shape index (κ1) is 18.8. The van der Waals surface area contributed by atoms with E-state index in [1.807, 2.05) is 20.8 Å². The van der Waals surface area contributed by atoms with E-state index in [1.165, 1.54) is 0 Å². The Morgan fingerprint density at radius 1 is 1.31 bits per heavy atom. The van der Waals surface area contributed by atoms with Crippen molar-refractivity contribution in [3.8, 4) is 0 Å². The predicted octanol–water partition coefficient (Wildman–Crippen LogP) is 2.36. The van der Waals surface area contributed by atoms with Crippen LogP contribution in [-0.2, 0) is 14.3 Å². The fourth-order valence-corrected chi connectivity index (χ4v) is 4.82. The van der Waals surface area contributed by atoms with E-state index in [-0.39, 0.29) is 18.5 Å². The molecule has 3 aliphatic heterocycles. The van der Waals surface area contributed by atoms with Gasteiger partial charge in [-0.05, 0) is 52.0 Å². The molecule has 2 amide bonds. The lowest BCUT2D eigenvalue weighted by atomic mass is 9.53. The van der Waals surface area contributed by atoms with Gasteiger partial charge >= 0.3 is 6.09 Å². The lowest BCUT2D eigenvalue weighted by molar-refractivity contribution is -0.141. The molecule has 9 nitrogen and oxygen atoms in total. The summed E-state index contributed by atoms with van der Waals surface area (Å²) in [5, 5.41) is 6.45. The number of piperidine rings is 1. The van der Waals surface area contributed by atoms with Crippen LogP contribution in [0.25, 0.3) is 10.4 Å². The van der Waals surface area contributed by atoms with E-state index in [2.05, 4.69) is 15.3 Å². The fourth-order valence-electron chi connectivity index (χ4n) is 4.82. The highest BCUT2D eigenvalue weighted by atomic mass is 16.6. The fraction of sp³-hybridized carbons (Fsp3) is 0.882. The van der Waals surface area contributed by atoms with Gasteiger partial charge in [-0.15, -0.1) is 0 Å². The van der Waals surface area contributed by atoms with Gasteiger partial charge in [0.25, 0.3) is 0 Å². The molecule has 1 saturated carbocycles. The summed E-state index contributed by atoms with van der Waals surface area (Å²) >= 11 is 0. The highest BCUT2D eigenvalue weighted by Crippen LogP contribution is 2.69. The smallest absolute Gasteiger partial charge is 0.410 e. The SMILES string of the molecule is CNC(=O)C12CC(CN=[N+]=[N-])(C1)OC21CCN(C(=O)OC(C)(C)C)CC1. The first-order valence-corrected chi connectivity index (χ1v) is 9.02. The number of amides is 2. The standard InChI is InChI=1S/C17H27N5O4/c1-14(2,3)25-13(24)22-7-5-17(6-8-22)16(12(23)19-4)9-15(10-16,26-17)11-20-21-18/h5-11H2,1-4H3,(H,19,23). The molecular formula is C17H27N5O4. The lowest BCUT2D eigenvalue weighted by Gasteiger charge is -2.48. The molecule has 0 radical (unpaired) electrons. The molecule has 3 saturated heterocycles. The zero-order valence-corrected chi connectivity index (χ0v) is 15.9. The monoisotopic (exact) mass is 365 g/mol. The average molecular weight is 365 g/mol. The van der Waals surface area contributed by atoms with E-state index in [4.69, 9.17) is 15.0 Å². The van der Waals surface area contributed by atoms with E-state index >= 15 is 0 Å². The molecule has 1 spiro atoms. The Hall–Kier alpha value is -1.99. The van der Waals surface area contributed by atoms with Crippen LogP contribution < -0.4 is 5.32 Å². The number of nitrogens with zero attached hydrogens (tertiary/aromatic N) is 4. The van der Waals surface area contributed by atoms with Gasteiger partial charge in [0.15, 0.2) is 0 Å². The second-order valence-corrected chi connectivity index (χ2v) is 8.65. The number of rotatable bonds is 3. The normalized spacial score (nSPS) is 31.8. The number of nitrogens with one attached hydrogen (secondary N) is 1. The number of carbonyl (C=O) groups excluding carboxylic acids is 2. The second kappa shape index (κ2) is 6.03. The predicted molar refractivity (Wildman–Crippen MR) is 93.3 cm³/mol. The minimum atomic E-state index is -0.615. The molecule has 0 aromatic rings. The number of likely N-dealkylation sites (tertiary alicyclic amines) is 1. The highest BCUT2D eigenvalue weighted by molar-refractivity contribution is 5.86. The van der Waals surface area contributed by atoms with E-state index in [9.17, 15) is 9.59 Å². The van der Waals surface area contributed by atoms with Crippen molar-refractivity contribution in [2.45, 2.75) is 63.3 Å². The van der Waals surface area contributed by atoms with Crippen LogP contribution in [-0.4, -0.2) is 60.4 Å². The molecule has 3 heterocycles. The van der Waals surface area contributed by atoms with Gasteiger partial charge in [-0.3, -0.25) is 4.79 Å². The van der Waals surface area contributed by atoms with E-state index in [0.717, 1.165) is 0 Å². The second-order valence-electron chi connectivity index (χ2n) is 8.65. The molecule has 0 unspecified atom stereocenters.